The molecule has 2 aromatic rings. The molecule has 0 spiro atoms. The van der Waals surface area contributed by atoms with Gasteiger partial charge in [0.2, 0.25) is 0 Å². The van der Waals surface area contributed by atoms with E-state index < -0.39 is 5.97 Å². The number of hydrogen-bond donors (Lipinski definition) is 1. The lowest BCUT2D eigenvalue weighted by atomic mass is 10.1. The number of carbonyl (C=O) groups is 1. The topological polar surface area (TPSA) is 55.1 Å². The fourth-order valence-electron chi connectivity index (χ4n) is 2.29. The van der Waals surface area contributed by atoms with E-state index in [2.05, 4.69) is 5.10 Å². The zero-order chi connectivity index (χ0) is 11.3. The van der Waals surface area contributed by atoms with E-state index in [1.54, 1.807) is 0 Å². The monoisotopic (exact) mass is 216 g/mol. The van der Waals surface area contributed by atoms with Gasteiger partial charge in [-0.15, -0.1) is 0 Å². The van der Waals surface area contributed by atoms with Gasteiger partial charge in [-0.1, -0.05) is 18.2 Å². The molecule has 82 valence electrons. The van der Waals surface area contributed by atoms with Gasteiger partial charge in [-0.3, -0.25) is 9.48 Å². The van der Waals surface area contributed by atoms with E-state index in [0.717, 1.165) is 23.0 Å². The van der Waals surface area contributed by atoms with E-state index in [9.17, 15) is 4.79 Å². The number of carboxylic acid groups (broad SMARTS) is 1. The summed E-state index contributed by atoms with van der Waals surface area (Å²) < 4.78 is 1.82. The van der Waals surface area contributed by atoms with Crippen molar-refractivity contribution in [2.45, 2.75) is 12.3 Å². The number of rotatable bonds is 2. The molecule has 0 bridgehead atoms. The molecule has 1 heterocycles. The van der Waals surface area contributed by atoms with Crippen molar-refractivity contribution >= 4 is 16.9 Å². The highest BCUT2D eigenvalue weighted by molar-refractivity contribution is 5.85. The maximum Gasteiger partial charge on any atom is 0.307 e. The smallest absolute Gasteiger partial charge is 0.307 e. The zero-order valence-corrected chi connectivity index (χ0v) is 8.92. The first-order valence-electron chi connectivity index (χ1n) is 5.33. The van der Waals surface area contributed by atoms with Gasteiger partial charge in [0.05, 0.1) is 17.1 Å². The van der Waals surface area contributed by atoms with Gasteiger partial charge in [0, 0.05) is 18.4 Å². The SMILES string of the molecule is Cn1nc([C@H]2C[C@@H]2C(=O)O)c2ccccc21. The second kappa shape index (κ2) is 3.07. The van der Waals surface area contributed by atoms with Crippen LogP contribution in [0.25, 0.3) is 10.9 Å². The lowest BCUT2D eigenvalue weighted by Crippen LogP contribution is -1.99. The minimum atomic E-state index is -0.709. The van der Waals surface area contributed by atoms with Crippen LogP contribution in [-0.2, 0) is 11.8 Å². The summed E-state index contributed by atoms with van der Waals surface area (Å²) in [6.07, 6.45) is 0.719. The summed E-state index contributed by atoms with van der Waals surface area (Å²) in [5.74, 6) is -0.846. The molecule has 2 atom stereocenters. The summed E-state index contributed by atoms with van der Waals surface area (Å²) in [6, 6.07) is 7.94. The first kappa shape index (κ1) is 9.39. The third-order valence-electron chi connectivity index (χ3n) is 3.25. The molecule has 0 unspecified atom stereocenters. The Morgan fingerprint density at radius 1 is 1.50 bits per heavy atom. The van der Waals surface area contributed by atoms with Crippen LogP contribution in [0.15, 0.2) is 24.3 Å². The van der Waals surface area contributed by atoms with Crippen molar-refractivity contribution in [3.8, 4) is 0 Å². The summed E-state index contributed by atoms with van der Waals surface area (Å²) in [5, 5.41) is 14.4. The Hall–Kier alpha value is -1.84. The molecule has 4 heteroatoms. The lowest BCUT2D eigenvalue weighted by Gasteiger charge is -1.92. The first-order chi connectivity index (χ1) is 7.68. The molecule has 0 saturated heterocycles. The number of aromatic nitrogens is 2. The van der Waals surface area contributed by atoms with Gasteiger partial charge < -0.3 is 5.11 Å². The Balaban J connectivity index is 2.09. The number of benzene rings is 1. The second-order valence-corrected chi connectivity index (χ2v) is 4.31. The van der Waals surface area contributed by atoms with Crippen LogP contribution >= 0.6 is 0 Å². The van der Waals surface area contributed by atoms with E-state index in [4.69, 9.17) is 5.11 Å². The molecule has 0 amide bonds. The van der Waals surface area contributed by atoms with Crippen molar-refractivity contribution in [2.75, 3.05) is 0 Å². The van der Waals surface area contributed by atoms with Gasteiger partial charge in [-0.25, -0.2) is 0 Å². The Kier molecular flexibility index (Phi) is 1.80. The minimum absolute atomic E-state index is 0.101. The van der Waals surface area contributed by atoms with E-state index in [1.807, 2.05) is 36.0 Å². The van der Waals surface area contributed by atoms with E-state index in [1.165, 1.54) is 0 Å². The predicted molar refractivity (Wildman–Crippen MR) is 59.2 cm³/mol. The Morgan fingerprint density at radius 2 is 2.25 bits per heavy atom. The third kappa shape index (κ3) is 1.23. The van der Waals surface area contributed by atoms with Crippen LogP contribution in [0.5, 0.6) is 0 Å². The Labute approximate surface area is 92.5 Å². The van der Waals surface area contributed by atoms with Crippen molar-refractivity contribution in [2.24, 2.45) is 13.0 Å². The van der Waals surface area contributed by atoms with Gasteiger partial charge in [0.25, 0.3) is 0 Å². The number of para-hydroxylation sites is 1. The maximum absolute atomic E-state index is 10.9. The minimum Gasteiger partial charge on any atom is -0.481 e. The number of aryl methyl sites for hydroxylation is 1. The van der Waals surface area contributed by atoms with Crippen molar-refractivity contribution in [3.63, 3.8) is 0 Å². The fraction of sp³-hybridized carbons (Fsp3) is 0.333. The molecule has 1 aliphatic carbocycles. The lowest BCUT2D eigenvalue weighted by molar-refractivity contribution is -0.138. The number of nitrogens with zero attached hydrogens (tertiary/aromatic N) is 2. The Morgan fingerprint density at radius 3 is 2.94 bits per heavy atom. The van der Waals surface area contributed by atoms with E-state index in [0.29, 0.717) is 0 Å². The third-order valence-corrected chi connectivity index (χ3v) is 3.25. The van der Waals surface area contributed by atoms with Gasteiger partial charge in [0.1, 0.15) is 0 Å². The molecule has 1 aliphatic rings. The van der Waals surface area contributed by atoms with Crippen LogP contribution in [-0.4, -0.2) is 20.9 Å². The van der Waals surface area contributed by atoms with Gasteiger partial charge in [-0.2, -0.15) is 5.10 Å². The molecule has 3 rings (SSSR count). The summed E-state index contributed by atoms with van der Waals surface area (Å²) in [6.45, 7) is 0. The normalized spacial score (nSPS) is 23.6. The molecule has 1 fully saturated rings. The van der Waals surface area contributed by atoms with Gasteiger partial charge in [0.15, 0.2) is 0 Å². The summed E-state index contributed by atoms with van der Waals surface area (Å²) in [7, 11) is 1.89. The van der Waals surface area contributed by atoms with Crippen molar-refractivity contribution in [1.82, 2.24) is 9.78 Å². The summed E-state index contributed by atoms with van der Waals surface area (Å²) in [5.41, 5.74) is 2.00. The van der Waals surface area contributed by atoms with Crippen LogP contribution in [0, 0.1) is 5.92 Å². The molecule has 4 nitrogen and oxygen atoms in total. The highest BCUT2D eigenvalue weighted by Crippen LogP contribution is 2.48. The van der Waals surface area contributed by atoms with E-state index in [-0.39, 0.29) is 11.8 Å². The highest BCUT2D eigenvalue weighted by atomic mass is 16.4. The summed E-state index contributed by atoms with van der Waals surface area (Å²) in [4.78, 5) is 10.9. The molecule has 1 saturated carbocycles. The number of hydrogen-bond acceptors (Lipinski definition) is 2. The van der Waals surface area contributed by atoms with E-state index >= 15 is 0 Å². The van der Waals surface area contributed by atoms with Crippen LogP contribution in [0.2, 0.25) is 0 Å². The zero-order valence-electron chi connectivity index (χ0n) is 8.92. The van der Waals surface area contributed by atoms with Crippen molar-refractivity contribution in [1.29, 1.82) is 0 Å². The molecular weight excluding hydrogens is 204 g/mol. The number of aliphatic carboxylic acids is 1. The number of fused-ring (bicyclic) bond motifs is 1. The Bertz CT molecular complexity index is 573. The molecule has 1 aromatic carbocycles. The first-order valence-corrected chi connectivity index (χ1v) is 5.33. The molecule has 0 radical (unpaired) electrons. The summed E-state index contributed by atoms with van der Waals surface area (Å²) >= 11 is 0. The predicted octanol–water partition coefficient (Wildman–Crippen LogP) is 1.76. The molecular formula is C12H12N2O2. The standard InChI is InChI=1S/C12H12N2O2/c1-14-10-5-3-2-4-7(10)11(13-14)8-6-9(8)12(15)16/h2-5,8-9H,6H2,1H3,(H,15,16)/t8-,9-/m0/s1. The average molecular weight is 216 g/mol. The van der Waals surface area contributed by atoms with Crippen LogP contribution < -0.4 is 0 Å². The van der Waals surface area contributed by atoms with Crippen molar-refractivity contribution < 1.29 is 9.90 Å². The molecule has 1 aromatic heterocycles. The fourth-order valence-corrected chi connectivity index (χ4v) is 2.29. The highest BCUT2D eigenvalue weighted by Gasteiger charge is 2.46. The average Bonchev–Trinajstić information content (AvgIpc) is 3.00. The van der Waals surface area contributed by atoms with Crippen molar-refractivity contribution in [3.05, 3.63) is 30.0 Å². The quantitative estimate of drug-likeness (QED) is 0.832. The van der Waals surface area contributed by atoms with Gasteiger partial charge in [-0.05, 0) is 12.5 Å². The maximum atomic E-state index is 10.9. The van der Waals surface area contributed by atoms with Crippen LogP contribution in [0.1, 0.15) is 18.0 Å². The second-order valence-electron chi connectivity index (χ2n) is 4.31. The van der Waals surface area contributed by atoms with Crippen LogP contribution in [0.4, 0.5) is 0 Å². The molecule has 0 aliphatic heterocycles. The van der Waals surface area contributed by atoms with Gasteiger partial charge >= 0.3 is 5.97 Å². The number of carboxylic acids is 1. The van der Waals surface area contributed by atoms with Crippen LogP contribution in [0.3, 0.4) is 0 Å². The molecule has 16 heavy (non-hydrogen) atoms. The largest absolute Gasteiger partial charge is 0.481 e. The molecule has 1 N–H and O–H groups in total.